The summed E-state index contributed by atoms with van der Waals surface area (Å²) in [6.07, 6.45) is 1.83. The summed E-state index contributed by atoms with van der Waals surface area (Å²) in [5, 5.41) is 5.06. The van der Waals surface area contributed by atoms with E-state index < -0.39 is 0 Å². The van der Waals surface area contributed by atoms with Gasteiger partial charge in [0.05, 0.1) is 16.8 Å². The Morgan fingerprint density at radius 1 is 1.29 bits per heavy atom. The second-order valence-corrected chi connectivity index (χ2v) is 4.61. The van der Waals surface area contributed by atoms with Crippen LogP contribution in [0, 0.1) is 13.8 Å². The Morgan fingerprint density at radius 2 is 1.94 bits per heavy atom. The molecule has 0 fully saturated rings. The molecule has 17 heavy (non-hydrogen) atoms. The molecule has 0 aliphatic heterocycles. The standard InChI is InChI=1S/C13H16ClN3/c1-9-3-5-11(6-4-9)13(7-15)17-8-12(14)10(2)16-17/h3-6,8,13H,7,15H2,1-2H3. The minimum absolute atomic E-state index is 0.0433. The summed E-state index contributed by atoms with van der Waals surface area (Å²) >= 11 is 6.02. The van der Waals surface area contributed by atoms with E-state index >= 15 is 0 Å². The average molecular weight is 250 g/mol. The molecule has 1 aromatic carbocycles. The van der Waals surface area contributed by atoms with Crippen LogP contribution in [-0.2, 0) is 0 Å². The maximum absolute atomic E-state index is 6.02. The first-order valence-corrected chi connectivity index (χ1v) is 5.97. The first-order valence-electron chi connectivity index (χ1n) is 5.59. The van der Waals surface area contributed by atoms with E-state index in [9.17, 15) is 0 Å². The maximum atomic E-state index is 6.02. The molecular weight excluding hydrogens is 234 g/mol. The van der Waals surface area contributed by atoms with E-state index in [2.05, 4.69) is 36.3 Å². The number of hydrogen-bond donors (Lipinski definition) is 1. The zero-order valence-corrected chi connectivity index (χ0v) is 10.8. The third kappa shape index (κ3) is 2.51. The molecule has 0 bridgehead atoms. The molecule has 1 atom stereocenters. The monoisotopic (exact) mass is 249 g/mol. The van der Waals surface area contributed by atoms with Gasteiger partial charge in [-0.1, -0.05) is 41.4 Å². The Kier molecular flexibility index (Phi) is 3.50. The first-order chi connectivity index (χ1) is 8.11. The molecule has 2 aromatic rings. The Labute approximate surface area is 106 Å². The molecule has 90 valence electrons. The predicted molar refractivity (Wildman–Crippen MR) is 70.3 cm³/mol. The van der Waals surface area contributed by atoms with Gasteiger partial charge in [-0.25, -0.2) is 0 Å². The molecule has 0 radical (unpaired) electrons. The number of aryl methyl sites for hydroxylation is 2. The number of rotatable bonds is 3. The van der Waals surface area contributed by atoms with Crippen molar-refractivity contribution in [1.29, 1.82) is 0 Å². The lowest BCUT2D eigenvalue weighted by Gasteiger charge is -2.16. The van der Waals surface area contributed by atoms with Crippen molar-refractivity contribution in [3.63, 3.8) is 0 Å². The minimum atomic E-state index is 0.0433. The Hall–Kier alpha value is -1.32. The van der Waals surface area contributed by atoms with Crippen molar-refractivity contribution in [2.45, 2.75) is 19.9 Å². The van der Waals surface area contributed by atoms with Gasteiger partial charge in [-0.2, -0.15) is 5.10 Å². The molecular formula is C13H16ClN3. The summed E-state index contributed by atoms with van der Waals surface area (Å²) in [5.41, 5.74) is 9.05. The van der Waals surface area contributed by atoms with Crippen molar-refractivity contribution < 1.29 is 0 Å². The van der Waals surface area contributed by atoms with Gasteiger partial charge >= 0.3 is 0 Å². The molecule has 0 aliphatic carbocycles. The highest BCUT2D eigenvalue weighted by molar-refractivity contribution is 6.31. The summed E-state index contributed by atoms with van der Waals surface area (Å²) in [4.78, 5) is 0. The number of nitrogens with zero attached hydrogens (tertiary/aromatic N) is 2. The highest BCUT2D eigenvalue weighted by Gasteiger charge is 2.14. The third-order valence-electron chi connectivity index (χ3n) is 2.86. The van der Waals surface area contributed by atoms with Crippen LogP contribution in [0.4, 0.5) is 0 Å². The molecule has 0 saturated heterocycles. The van der Waals surface area contributed by atoms with Gasteiger partial charge in [0, 0.05) is 12.7 Å². The van der Waals surface area contributed by atoms with Gasteiger partial charge in [0.1, 0.15) is 0 Å². The van der Waals surface area contributed by atoms with Crippen LogP contribution in [0.1, 0.15) is 22.9 Å². The van der Waals surface area contributed by atoms with Crippen molar-refractivity contribution in [2.75, 3.05) is 6.54 Å². The molecule has 3 nitrogen and oxygen atoms in total. The highest BCUT2D eigenvalue weighted by atomic mass is 35.5. The van der Waals surface area contributed by atoms with Crippen LogP contribution in [-0.4, -0.2) is 16.3 Å². The molecule has 1 heterocycles. The van der Waals surface area contributed by atoms with Crippen LogP contribution in [0.3, 0.4) is 0 Å². The SMILES string of the molecule is Cc1ccc(C(CN)n2cc(Cl)c(C)n2)cc1. The van der Waals surface area contributed by atoms with E-state index in [1.54, 1.807) is 0 Å². The van der Waals surface area contributed by atoms with Crippen molar-refractivity contribution in [1.82, 2.24) is 9.78 Å². The fourth-order valence-electron chi connectivity index (χ4n) is 1.80. The number of aromatic nitrogens is 2. The lowest BCUT2D eigenvalue weighted by molar-refractivity contribution is 0.529. The van der Waals surface area contributed by atoms with Crippen molar-refractivity contribution in [3.05, 3.63) is 52.3 Å². The van der Waals surface area contributed by atoms with Crippen LogP contribution in [0.15, 0.2) is 30.5 Å². The average Bonchev–Trinajstić information content (AvgIpc) is 2.63. The molecule has 0 aliphatic rings. The second kappa shape index (κ2) is 4.90. The van der Waals surface area contributed by atoms with E-state index in [-0.39, 0.29) is 6.04 Å². The molecule has 0 saturated carbocycles. The zero-order chi connectivity index (χ0) is 12.4. The number of nitrogens with two attached hydrogens (primary N) is 1. The third-order valence-corrected chi connectivity index (χ3v) is 3.23. The predicted octanol–water partition coefficient (Wildman–Crippen LogP) is 2.70. The van der Waals surface area contributed by atoms with Crippen LogP contribution >= 0.6 is 11.6 Å². The topological polar surface area (TPSA) is 43.8 Å². The lowest BCUT2D eigenvalue weighted by atomic mass is 10.1. The second-order valence-electron chi connectivity index (χ2n) is 4.20. The van der Waals surface area contributed by atoms with Crippen LogP contribution in [0.5, 0.6) is 0 Å². The van der Waals surface area contributed by atoms with Crippen LogP contribution in [0.25, 0.3) is 0 Å². The fourth-order valence-corrected chi connectivity index (χ4v) is 1.94. The Morgan fingerprint density at radius 3 is 2.41 bits per heavy atom. The molecule has 2 N–H and O–H groups in total. The molecule has 2 rings (SSSR count). The van der Waals surface area contributed by atoms with Gasteiger partial charge in [-0.05, 0) is 19.4 Å². The number of halogens is 1. The van der Waals surface area contributed by atoms with Crippen molar-refractivity contribution in [3.8, 4) is 0 Å². The highest BCUT2D eigenvalue weighted by Crippen LogP contribution is 2.21. The van der Waals surface area contributed by atoms with Gasteiger partial charge in [0.15, 0.2) is 0 Å². The van der Waals surface area contributed by atoms with E-state index in [1.165, 1.54) is 5.56 Å². The molecule has 4 heteroatoms. The zero-order valence-electron chi connectivity index (χ0n) is 10.0. The lowest BCUT2D eigenvalue weighted by Crippen LogP contribution is -2.21. The number of hydrogen-bond acceptors (Lipinski definition) is 2. The molecule has 0 spiro atoms. The summed E-state index contributed by atoms with van der Waals surface area (Å²) in [7, 11) is 0. The number of benzene rings is 1. The fraction of sp³-hybridized carbons (Fsp3) is 0.308. The van der Waals surface area contributed by atoms with Crippen LogP contribution in [0.2, 0.25) is 5.02 Å². The van der Waals surface area contributed by atoms with Gasteiger partial charge in [-0.3, -0.25) is 4.68 Å². The maximum Gasteiger partial charge on any atom is 0.0891 e. The normalized spacial score (nSPS) is 12.7. The van der Waals surface area contributed by atoms with E-state index in [4.69, 9.17) is 17.3 Å². The summed E-state index contributed by atoms with van der Waals surface area (Å²) in [5.74, 6) is 0. The largest absolute Gasteiger partial charge is 0.328 e. The summed E-state index contributed by atoms with van der Waals surface area (Å²) in [6.45, 7) is 4.46. The van der Waals surface area contributed by atoms with E-state index in [1.807, 2.05) is 17.8 Å². The van der Waals surface area contributed by atoms with E-state index in [0.29, 0.717) is 11.6 Å². The van der Waals surface area contributed by atoms with Crippen LogP contribution < -0.4 is 5.73 Å². The first kappa shape index (κ1) is 12.1. The van der Waals surface area contributed by atoms with Gasteiger partial charge in [0.2, 0.25) is 0 Å². The molecule has 0 amide bonds. The van der Waals surface area contributed by atoms with E-state index in [0.717, 1.165) is 11.3 Å². The minimum Gasteiger partial charge on any atom is -0.328 e. The smallest absolute Gasteiger partial charge is 0.0891 e. The molecule has 1 unspecified atom stereocenters. The van der Waals surface area contributed by atoms with Gasteiger partial charge in [0.25, 0.3) is 0 Å². The summed E-state index contributed by atoms with van der Waals surface area (Å²) < 4.78 is 1.84. The van der Waals surface area contributed by atoms with Crippen molar-refractivity contribution in [2.24, 2.45) is 5.73 Å². The van der Waals surface area contributed by atoms with Crippen molar-refractivity contribution >= 4 is 11.6 Å². The van der Waals surface area contributed by atoms with Gasteiger partial charge < -0.3 is 5.73 Å². The summed E-state index contributed by atoms with van der Waals surface area (Å²) in [6, 6.07) is 8.36. The Bertz CT molecular complexity index is 482. The molecule has 1 aromatic heterocycles. The quantitative estimate of drug-likeness (QED) is 0.909. The van der Waals surface area contributed by atoms with Gasteiger partial charge in [-0.15, -0.1) is 0 Å². The Balaban J connectivity index is 2.36.